The van der Waals surface area contributed by atoms with Crippen LogP contribution < -0.4 is 5.32 Å². The summed E-state index contributed by atoms with van der Waals surface area (Å²) < 4.78 is 5.21. The van der Waals surface area contributed by atoms with E-state index in [1.54, 1.807) is 12.1 Å². The number of amides is 1. The quantitative estimate of drug-likeness (QED) is 0.679. The van der Waals surface area contributed by atoms with E-state index in [1.807, 2.05) is 60.7 Å². The van der Waals surface area contributed by atoms with Crippen molar-refractivity contribution in [3.05, 3.63) is 95.6 Å². The van der Waals surface area contributed by atoms with Crippen LogP contribution in [0.15, 0.2) is 78.9 Å². The molecule has 3 rings (SSSR count). The fourth-order valence-electron chi connectivity index (χ4n) is 2.69. The molecule has 2 N–H and O–H groups in total. The monoisotopic (exact) mass is 361 g/mol. The first-order valence-electron chi connectivity index (χ1n) is 8.49. The van der Waals surface area contributed by atoms with Gasteiger partial charge in [-0.3, -0.25) is 0 Å². The van der Waals surface area contributed by atoms with Gasteiger partial charge in [-0.15, -0.1) is 0 Å². The molecule has 0 radical (unpaired) electrons. The second-order valence-corrected chi connectivity index (χ2v) is 5.96. The van der Waals surface area contributed by atoms with Gasteiger partial charge in [-0.05, 0) is 34.4 Å². The van der Waals surface area contributed by atoms with Crippen LogP contribution in [0.25, 0.3) is 11.1 Å². The maximum atomic E-state index is 12.0. The molecule has 1 amide bonds. The molecule has 0 fully saturated rings. The van der Waals surface area contributed by atoms with Gasteiger partial charge in [0.25, 0.3) is 0 Å². The van der Waals surface area contributed by atoms with Gasteiger partial charge in [-0.2, -0.15) is 0 Å². The van der Waals surface area contributed by atoms with Gasteiger partial charge >= 0.3 is 12.1 Å². The predicted molar refractivity (Wildman–Crippen MR) is 102 cm³/mol. The van der Waals surface area contributed by atoms with Crippen LogP contribution in [0, 0.1) is 0 Å². The van der Waals surface area contributed by atoms with E-state index in [1.165, 1.54) is 6.07 Å². The summed E-state index contributed by atoms with van der Waals surface area (Å²) in [5, 5.41) is 12.0. The van der Waals surface area contributed by atoms with Crippen molar-refractivity contribution in [2.45, 2.75) is 13.2 Å². The van der Waals surface area contributed by atoms with Gasteiger partial charge in [-0.25, -0.2) is 9.59 Å². The maximum absolute atomic E-state index is 12.0. The van der Waals surface area contributed by atoms with Crippen LogP contribution in [-0.4, -0.2) is 17.2 Å². The fraction of sp³-hybridized carbons (Fsp3) is 0.0909. The molecule has 0 atom stereocenters. The Morgan fingerprint density at radius 2 is 1.56 bits per heavy atom. The molecule has 0 bridgehead atoms. The third kappa shape index (κ3) is 4.95. The molecule has 27 heavy (non-hydrogen) atoms. The fourth-order valence-corrected chi connectivity index (χ4v) is 2.69. The van der Waals surface area contributed by atoms with Crippen LogP contribution in [0.2, 0.25) is 0 Å². The first kappa shape index (κ1) is 18.2. The topological polar surface area (TPSA) is 75.6 Å². The Labute approximate surface area is 157 Å². The summed E-state index contributed by atoms with van der Waals surface area (Å²) in [6, 6.07) is 23.7. The van der Waals surface area contributed by atoms with E-state index in [4.69, 9.17) is 4.74 Å². The highest BCUT2D eigenvalue weighted by molar-refractivity contribution is 5.90. The highest BCUT2D eigenvalue weighted by atomic mass is 16.5. The van der Waals surface area contributed by atoms with Crippen molar-refractivity contribution in [2.75, 3.05) is 0 Å². The lowest BCUT2D eigenvalue weighted by Crippen LogP contribution is -2.24. The Balaban J connectivity index is 1.70. The highest BCUT2D eigenvalue weighted by Gasteiger charge is 2.11. The number of carbonyl (C=O) groups is 2. The summed E-state index contributed by atoms with van der Waals surface area (Å²) in [4.78, 5) is 23.3. The SMILES string of the molecule is O=C(NCc1ccc(C(=O)O)cc1-c1ccccc1)OCc1ccccc1. The minimum Gasteiger partial charge on any atom is -0.478 e. The number of carboxylic acid groups (broad SMARTS) is 1. The number of aromatic carboxylic acids is 1. The van der Waals surface area contributed by atoms with E-state index in [-0.39, 0.29) is 18.7 Å². The molecular weight excluding hydrogens is 342 g/mol. The second kappa shape index (κ2) is 8.67. The molecule has 0 saturated heterocycles. The van der Waals surface area contributed by atoms with Crippen LogP contribution in [0.1, 0.15) is 21.5 Å². The number of alkyl carbamates (subject to hydrolysis) is 1. The number of hydrogen-bond acceptors (Lipinski definition) is 3. The maximum Gasteiger partial charge on any atom is 0.407 e. The second-order valence-electron chi connectivity index (χ2n) is 5.96. The van der Waals surface area contributed by atoms with Crippen molar-refractivity contribution >= 4 is 12.1 Å². The van der Waals surface area contributed by atoms with Gasteiger partial charge in [0.05, 0.1) is 5.56 Å². The average Bonchev–Trinajstić information content (AvgIpc) is 2.72. The zero-order valence-corrected chi connectivity index (χ0v) is 14.6. The summed E-state index contributed by atoms with van der Waals surface area (Å²) in [5.41, 5.74) is 3.56. The zero-order chi connectivity index (χ0) is 19.1. The number of rotatable bonds is 6. The minimum absolute atomic E-state index is 0.191. The van der Waals surface area contributed by atoms with Crippen molar-refractivity contribution in [3.8, 4) is 11.1 Å². The van der Waals surface area contributed by atoms with Gasteiger partial charge in [0.15, 0.2) is 0 Å². The molecule has 0 spiro atoms. The Hall–Kier alpha value is -3.60. The molecule has 0 heterocycles. The van der Waals surface area contributed by atoms with E-state index in [0.717, 1.165) is 22.3 Å². The van der Waals surface area contributed by atoms with E-state index in [0.29, 0.717) is 0 Å². The van der Waals surface area contributed by atoms with E-state index >= 15 is 0 Å². The highest BCUT2D eigenvalue weighted by Crippen LogP contribution is 2.25. The molecule has 0 aliphatic carbocycles. The van der Waals surface area contributed by atoms with Crippen molar-refractivity contribution < 1.29 is 19.4 Å². The molecule has 136 valence electrons. The van der Waals surface area contributed by atoms with Crippen LogP contribution >= 0.6 is 0 Å². The molecule has 3 aromatic carbocycles. The molecule has 0 aliphatic rings. The van der Waals surface area contributed by atoms with E-state index in [2.05, 4.69) is 5.32 Å². The van der Waals surface area contributed by atoms with Crippen molar-refractivity contribution in [1.82, 2.24) is 5.32 Å². The van der Waals surface area contributed by atoms with E-state index < -0.39 is 12.1 Å². The molecule has 0 aliphatic heterocycles. The minimum atomic E-state index is -0.992. The summed E-state index contributed by atoms with van der Waals surface area (Å²) in [6.07, 6.45) is -0.528. The van der Waals surface area contributed by atoms with Gasteiger partial charge in [0.1, 0.15) is 6.61 Å². The van der Waals surface area contributed by atoms with Crippen LogP contribution in [0.4, 0.5) is 4.79 Å². The molecule has 0 saturated carbocycles. The lowest BCUT2D eigenvalue weighted by atomic mass is 9.97. The lowest BCUT2D eigenvalue weighted by Gasteiger charge is -2.12. The molecule has 0 aromatic heterocycles. The third-order valence-corrected chi connectivity index (χ3v) is 4.08. The smallest absolute Gasteiger partial charge is 0.407 e. The van der Waals surface area contributed by atoms with E-state index in [9.17, 15) is 14.7 Å². The van der Waals surface area contributed by atoms with Crippen molar-refractivity contribution in [1.29, 1.82) is 0 Å². The number of benzene rings is 3. The normalized spacial score (nSPS) is 10.2. The van der Waals surface area contributed by atoms with Crippen molar-refractivity contribution in [2.24, 2.45) is 0 Å². The summed E-state index contributed by atoms with van der Waals surface area (Å²) in [6.45, 7) is 0.425. The van der Waals surface area contributed by atoms with Gasteiger partial charge in [0.2, 0.25) is 0 Å². The first-order chi connectivity index (χ1) is 13.1. The van der Waals surface area contributed by atoms with Crippen LogP contribution in [-0.2, 0) is 17.9 Å². The molecular formula is C22H19NO4. The number of carboxylic acids is 1. The predicted octanol–water partition coefficient (Wildman–Crippen LogP) is 4.48. The number of hydrogen-bond donors (Lipinski definition) is 2. The molecule has 3 aromatic rings. The standard InChI is InChI=1S/C22H19NO4/c24-21(25)18-11-12-19(20(13-18)17-9-5-2-6-10-17)14-23-22(26)27-15-16-7-3-1-4-8-16/h1-13H,14-15H2,(H,23,26)(H,24,25). The molecule has 0 unspecified atom stereocenters. The Morgan fingerprint density at radius 1 is 0.889 bits per heavy atom. The Kier molecular flexibility index (Phi) is 5.84. The third-order valence-electron chi connectivity index (χ3n) is 4.08. The number of nitrogens with one attached hydrogen (secondary N) is 1. The molecule has 5 nitrogen and oxygen atoms in total. The Bertz CT molecular complexity index is 924. The van der Waals surface area contributed by atoms with Crippen molar-refractivity contribution in [3.63, 3.8) is 0 Å². The Morgan fingerprint density at radius 3 is 2.22 bits per heavy atom. The number of ether oxygens (including phenoxy) is 1. The van der Waals surface area contributed by atoms with Gasteiger partial charge < -0.3 is 15.2 Å². The largest absolute Gasteiger partial charge is 0.478 e. The van der Waals surface area contributed by atoms with Crippen LogP contribution in [0.5, 0.6) is 0 Å². The lowest BCUT2D eigenvalue weighted by molar-refractivity contribution is 0.0696. The first-order valence-corrected chi connectivity index (χ1v) is 8.49. The zero-order valence-electron chi connectivity index (χ0n) is 14.6. The summed E-state index contributed by atoms with van der Waals surface area (Å²) in [7, 11) is 0. The molecule has 5 heteroatoms. The summed E-state index contributed by atoms with van der Waals surface area (Å²) in [5.74, 6) is -0.992. The van der Waals surface area contributed by atoms with Gasteiger partial charge in [0, 0.05) is 6.54 Å². The average molecular weight is 361 g/mol. The van der Waals surface area contributed by atoms with Crippen LogP contribution in [0.3, 0.4) is 0 Å². The summed E-state index contributed by atoms with van der Waals surface area (Å²) >= 11 is 0. The number of carbonyl (C=O) groups excluding carboxylic acids is 1. The van der Waals surface area contributed by atoms with Gasteiger partial charge in [-0.1, -0.05) is 66.7 Å².